The highest BCUT2D eigenvalue weighted by molar-refractivity contribution is 7.09. The lowest BCUT2D eigenvalue weighted by Gasteiger charge is -2.20. The van der Waals surface area contributed by atoms with Crippen molar-refractivity contribution in [3.8, 4) is 0 Å². The quantitative estimate of drug-likeness (QED) is 0.914. The number of aromatic nitrogens is 1. The molecular formula is C15H20FN3S. The van der Waals surface area contributed by atoms with Crippen LogP contribution in [0.2, 0.25) is 0 Å². The number of nitrogens with zero attached hydrogens (tertiary/aromatic N) is 2. The van der Waals surface area contributed by atoms with Gasteiger partial charge >= 0.3 is 0 Å². The van der Waals surface area contributed by atoms with Gasteiger partial charge in [-0.3, -0.25) is 0 Å². The first-order valence-electron chi connectivity index (χ1n) is 6.60. The summed E-state index contributed by atoms with van der Waals surface area (Å²) in [5.74, 6) is -0.195. The fourth-order valence-electron chi connectivity index (χ4n) is 2.08. The van der Waals surface area contributed by atoms with E-state index in [9.17, 15) is 4.39 Å². The van der Waals surface area contributed by atoms with Crippen molar-refractivity contribution < 1.29 is 4.39 Å². The highest BCUT2D eigenvalue weighted by atomic mass is 32.1. The second kappa shape index (κ2) is 6.33. The second-order valence-corrected chi connectivity index (χ2v) is 6.00. The molecule has 20 heavy (non-hydrogen) atoms. The van der Waals surface area contributed by atoms with Crippen LogP contribution in [0.3, 0.4) is 0 Å². The molecule has 0 aliphatic carbocycles. The Balaban J connectivity index is 2.15. The van der Waals surface area contributed by atoms with Gasteiger partial charge in [0.25, 0.3) is 0 Å². The van der Waals surface area contributed by atoms with Gasteiger partial charge in [0.1, 0.15) is 5.82 Å². The largest absolute Gasteiger partial charge is 0.366 e. The summed E-state index contributed by atoms with van der Waals surface area (Å²) in [5, 5.41) is 6.16. The second-order valence-electron chi connectivity index (χ2n) is 4.94. The number of aryl methyl sites for hydroxylation is 1. The third-order valence-electron chi connectivity index (χ3n) is 3.38. The van der Waals surface area contributed by atoms with E-state index in [1.54, 1.807) is 17.4 Å². The predicted molar refractivity (Wildman–Crippen MR) is 82.8 cm³/mol. The van der Waals surface area contributed by atoms with Crippen molar-refractivity contribution in [2.24, 2.45) is 0 Å². The smallest absolute Gasteiger partial charge is 0.146 e. The minimum absolute atomic E-state index is 0.144. The van der Waals surface area contributed by atoms with Crippen molar-refractivity contribution in [3.05, 3.63) is 45.7 Å². The Morgan fingerprint density at radius 3 is 2.75 bits per heavy atom. The van der Waals surface area contributed by atoms with Crippen LogP contribution in [0.5, 0.6) is 0 Å². The lowest BCUT2D eigenvalue weighted by molar-refractivity contribution is 0.604. The maximum Gasteiger partial charge on any atom is 0.146 e. The highest BCUT2D eigenvalue weighted by Crippen LogP contribution is 2.24. The lowest BCUT2D eigenvalue weighted by Crippen LogP contribution is -2.19. The fourth-order valence-corrected chi connectivity index (χ4v) is 2.68. The van der Waals surface area contributed by atoms with Crippen LogP contribution >= 0.6 is 11.3 Å². The molecule has 2 aromatic rings. The summed E-state index contributed by atoms with van der Waals surface area (Å²) >= 11 is 1.62. The fraction of sp³-hybridized carbons (Fsp3) is 0.400. The van der Waals surface area contributed by atoms with E-state index in [0.29, 0.717) is 12.2 Å². The standard InChI is InChI=1S/C15H20FN3S/c1-10(17-3)12-5-6-15(14(16)7-12)19(4)8-13-9-20-11(2)18-13/h5-7,9-10,17H,8H2,1-4H3. The zero-order chi connectivity index (χ0) is 14.7. The number of anilines is 1. The zero-order valence-corrected chi connectivity index (χ0v) is 13.1. The van der Waals surface area contributed by atoms with E-state index in [4.69, 9.17) is 0 Å². The van der Waals surface area contributed by atoms with E-state index in [0.717, 1.165) is 16.3 Å². The van der Waals surface area contributed by atoms with Crippen LogP contribution in [0, 0.1) is 12.7 Å². The molecule has 0 saturated heterocycles. The van der Waals surface area contributed by atoms with Crippen molar-refractivity contribution in [1.82, 2.24) is 10.3 Å². The Bertz CT molecular complexity index is 582. The summed E-state index contributed by atoms with van der Waals surface area (Å²) in [4.78, 5) is 6.30. The summed E-state index contributed by atoms with van der Waals surface area (Å²) in [5.41, 5.74) is 2.52. The molecule has 108 valence electrons. The van der Waals surface area contributed by atoms with Crippen molar-refractivity contribution in [3.63, 3.8) is 0 Å². The van der Waals surface area contributed by atoms with E-state index in [1.165, 1.54) is 0 Å². The normalized spacial score (nSPS) is 12.4. The van der Waals surface area contributed by atoms with Crippen LogP contribution in [0.15, 0.2) is 23.6 Å². The first-order valence-corrected chi connectivity index (χ1v) is 7.48. The predicted octanol–water partition coefficient (Wildman–Crippen LogP) is 3.51. The van der Waals surface area contributed by atoms with Crippen molar-refractivity contribution in [2.45, 2.75) is 26.4 Å². The molecular weight excluding hydrogens is 273 g/mol. The van der Waals surface area contributed by atoms with E-state index in [-0.39, 0.29) is 11.9 Å². The topological polar surface area (TPSA) is 28.2 Å². The average Bonchev–Trinajstić information content (AvgIpc) is 2.82. The molecule has 0 aliphatic heterocycles. The number of rotatable bonds is 5. The number of hydrogen-bond donors (Lipinski definition) is 1. The number of halogens is 1. The molecule has 1 unspecified atom stereocenters. The van der Waals surface area contributed by atoms with Gasteiger partial charge in [-0.1, -0.05) is 6.07 Å². The average molecular weight is 293 g/mol. The lowest BCUT2D eigenvalue weighted by atomic mass is 10.1. The molecule has 0 bridgehead atoms. The number of thiazole rings is 1. The Kier molecular flexibility index (Phi) is 4.73. The van der Waals surface area contributed by atoms with Crippen LogP contribution in [0.4, 0.5) is 10.1 Å². The minimum Gasteiger partial charge on any atom is -0.366 e. The van der Waals surface area contributed by atoms with Gasteiger partial charge in [0.15, 0.2) is 0 Å². The minimum atomic E-state index is -0.195. The van der Waals surface area contributed by atoms with Crippen LogP contribution in [0.25, 0.3) is 0 Å². The van der Waals surface area contributed by atoms with Crippen LogP contribution in [-0.4, -0.2) is 19.1 Å². The molecule has 0 spiro atoms. The van der Waals surface area contributed by atoms with Gasteiger partial charge in [0.2, 0.25) is 0 Å². The summed E-state index contributed by atoms with van der Waals surface area (Å²) < 4.78 is 14.2. The number of hydrogen-bond acceptors (Lipinski definition) is 4. The Hall–Kier alpha value is -1.46. The van der Waals surface area contributed by atoms with Gasteiger partial charge in [-0.25, -0.2) is 9.37 Å². The molecule has 1 N–H and O–H groups in total. The number of nitrogens with one attached hydrogen (secondary N) is 1. The Morgan fingerprint density at radius 1 is 1.45 bits per heavy atom. The van der Waals surface area contributed by atoms with Crippen LogP contribution < -0.4 is 10.2 Å². The molecule has 3 nitrogen and oxygen atoms in total. The van der Waals surface area contributed by atoms with Gasteiger partial charge in [0, 0.05) is 18.5 Å². The van der Waals surface area contributed by atoms with Gasteiger partial charge in [-0.2, -0.15) is 0 Å². The summed E-state index contributed by atoms with van der Waals surface area (Å²) in [6.07, 6.45) is 0. The third-order valence-corrected chi connectivity index (χ3v) is 4.20. The third kappa shape index (κ3) is 3.35. The molecule has 0 amide bonds. The maximum absolute atomic E-state index is 14.2. The molecule has 1 aromatic carbocycles. The van der Waals surface area contributed by atoms with Gasteiger partial charge in [0.05, 0.1) is 22.9 Å². The summed E-state index contributed by atoms with van der Waals surface area (Å²) in [6, 6.07) is 5.53. The molecule has 1 heterocycles. The molecule has 0 radical (unpaired) electrons. The van der Waals surface area contributed by atoms with Gasteiger partial charge in [-0.15, -0.1) is 11.3 Å². The molecule has 0 aliphatic rings. The molecule has 0 fully saturated rings. The van der Waals surface area contributed by atoms with E-state index in [2.05, 4.69) is 10.3 Å². The van der Waals surface area contributed by atoms with E-state index in [1.807, 2.05) is 50.4 Å². The van der Waals surface area contributed by atoms with Crippen LogP contribution in [0.1, 0.15) is 29.2 Å². The highest BCUT2D eigenvalue weighted by Gasteiger charge is 2.12. The van der Waals surface area contributed by atoms with Crippen LogP contribution in [-0.2, 0) is 6.54 Å². The Labute approximate surface area is 123 Å². The van der Waals surface area contributed by atoms with Gasteiger partial charge < -0.3 is 10.2 Å². The Morgan fingerprint density at radius 2 is 2.20 bits per heavy atom. The monoisotopic (exact) mass is 293 g/mol. The summed E-state index contributed by atoms with van der Waals surface area (Å²) in [6.45, 7) is 4.60. The molecule has 2 rings (SSSR count). The first kappa shape index (κ1) is 14.9. The van der Waals surface area contributed by atoms with E-state index < -0.39 is 0 Å². The van der Waals surface area contributed by atoms with Gasteiger partial charge in [-0.05, 0) is 38.6 Å². The molecule has 5 heteroatoms. The first-order chi connectivity index (χ1) is 9.51. The molecule has 1 atom stereocenters. The van der Waals surface area contributed by atoms with Crippen molar-refractivity contribution >= 4 is 17.0 Å². The van der Waals surface area contributed by atoms with E-state index >= 15 is 0 Å². The maximum atomic E-state index is 14.2. The number of benzene rings is 1. The zero-order valence-electron chi connectivity index (χ0n) is 12.3. The SMILES string of the molecule is CNC(C)c1ccc(N(C)Cc2csc(C)n2)c(F)c1. The van der Waals surface area contributed by atoms with Crippen molar-refractivity contribution in [1.29, 1.82) is 0 Å². The molecule has 1 aromatic heterocycles. The molecule has 0 saturated carbocycles. The summed E-state index contributed by atoms with van der Waals surface area (Å²) in [7, 11) is 3.75. The van der Waals surface area contributed by atoms with Crippen molar-refractivity contribution in [2.75, 3.05) is 19.0 Å².